The summed E-state index contributed by atoms with van der Waals surface area (Å²) >= 11 is 5.70. The smallest absolute Gasteiger partial charge is 0.267 e. The molecule has 1 N–H and O–H groups in total. The van der Waals surface area contributed by atoms with Crippen molar-refractivity contribution < 1.29 is 13.6 Å². The van der Waals surface area contributed by atoms with Gasteiger partial charge in [0.05, 0.1) is 10.7 Å². The summed E-state index contributed by atoms with van der Waals surface area (Å²) in [5.74, 6) is -1.52. The highest BCUT2D eigenvalue weighted by Gasteiger charge is 2.18. The van der Waals surface area contributed by atoms with E-state index in [9.17, 15) is 18.4 Å². The van der Waals surface area contributed by atoms with Crippen LogP contribution in [0, 0.1) is 11.6 Å². The summed E-state index contributed by atoms with van der Waals surface area (Å²) in [5.41, 5.74) is 0.837. The molecule has 8 heteroatoms. The average molecular weight is 390 g/mol. The molecular formula is C19H14ClF2N3O2. The van der Waals surface area contributed by atoms with Crippen molar-refractivity contribution in [2.75, 3.05) is 5.32 Å². The Morgan fingerprint density at radius 2 is 1.81 bits per heavy atom. The van der Waals surface area contributed by atoms with Crippen LogP contribution in [0.1, 0.15) is 13.0 Å². The van der Waals surface area contributed by atoms with Crippen molar-refractivity contribution in [3.63, 3.8) is 0 Å². The fourth-order valence-corrected chi connectivity index (χ4v) is 2.59. The zero-order valence-electron chi connectivity index (χ0n) is 14.1. The summed E-state index contributed by atoms with van der Waals surface area (Å²) in [6, 6.07) is 11.2. The Morgan fingerprint density at radius 3 is 2.48 bits per heavy atom. The van der Waals surface area contributed by atoms with E-state index in [0.29, 0.717) is 16.9 Å². The van der Waals surface area contributed by atoms with Crippen LogP contribution in [-0.2, 0) is 4.79 Å². The fourth-order valence-electron chi connectivity index (χ4n) is 2.41. The van der Waals surface area contributed by atoms with Crippen LogP contribution in [0.15, 0.2) is 59.4 Å². The van der Waals surface area contributed by atoms with Gasteiger partial charge in [-0.2, -0.15) is 5.10 Å². The second-order valence-electron chi connectivity index (χ2n) is 5.80. The highest BCUT2D eigenvalue weighted by atomic mass is 35.5. The van der Waals surface area contributed by atoms with Gasteiger partial charge in [0.1, 0.15) is 17.7 Å². The van der Waals surface area contributed by atoms with Crippen molar-refractivity contribution in [1.29, 1.82) is 0 Å². The maximum atomic E-state index is 13.2. The van der Waals surface area contributed by atoms with Crippen molar-refractivity contribution in [3.05, 3.63) is 81.6 Å². The molecule has 0 aliphatic heterocycles. The molecule has 2 aromatic carbocycles. The molecule has 0 aliphatic rings. The van der Waals surface area contributed by atoms with Crippen molar-refractivity contribution in [3.8, 4) is 11.3 Å². The fraction of sp³-hybridized carbons (Fsp3) is 0.105. The molecule has 5 nitrogen and oxygen atoms in total. The Balaban J connectivity index is 1.86. The van der Waals surface area contributed by atoms with E-state index < -0.39 is 29.1 Å². The first-order valence-electron chi connectivity index (χ1n) is 7.97. The number of carbonyl (C=O) groups excluding carboxylic acids is 1. The first-order valence-corrected chi connectivity index (χ1v) is 8.34. The molecule has 0 fully saturated rings. The van der Waals surface area contributed by atoms with Crippen LogP contribution in [0.2, 0.25) is 5.02 Å². The van der Waals surface area contributed by atoms with E-state index in [1.54, 1.807) is 0 Å². The van der Waals surface area contributed by atoms with Gasteiger partial charge in [0.25, 0.3) is 5.56 Å². The maximum Gasteiger partial charge on any atom is 0.267 e. The first kappa shape index (κ1) is 18.7. The lowest BCUT2D eigenvalue weighted by Crippen LogP contribution is -2.33. The Kier molecular flexibility index (Phi) is 5.32. The molecule has 1 amide bonds. The molecule has 1 atom stereocenters. The van der Waals surface area contributed by atoms with Gasteiger partial charge in [-0.25, -0.2) is 13.5 Å². The molecule has 1 aromatic heterocycles. The zero-order chi connectivity index (χ0) is 19.6. The summed E-state index contributed by atoms with van der Waals surface area (Å²) in [4.78, 5) is 24.6. The standard InChI is InChI=1S/C19H14ClF2N3O2/c1-11(19(27)23-14-6-7-16(22)15(20)10-14)25-18(26)9-8-17(24-25)12-2-4-13(21)5-3-12/h2-11H,1H3,(H,23,27). The number of aromatic nitrogens is 2. The van der Waals surface area contributed by atoms with Gasteiger partial charge in [-0.1, -0.05) is 11.6 Å². The van der Waals surface area contributed by atoms with Gasteiger partial charge in [0, 0.05) is 17.3 Å². The van der Waals surface area contributed by atoms with Gasteiger partial charge in [-0.05, 0) is 55.5 Å². The third-order valence-corrected chi connectivity index (χ3v) is 4.19. The lowest BCUT2D eigenvalue weighted by atomic mass is 10.1. The normalized spacial score (nSPS) is 11.9. The minimum atomic E-state index is -0.943. The average Bonchev–Trinajstić information content (AvgIpc) is 2.65. The zero-order valence-corrected chi connectivity index (χ0v) is 14.9. The molecule has 3 rings (SSSR count). The van der Waals surface area contributed by atoms with E-state index in [1.807, 2.05) is 0 Å². The van der Waals surface area contributed by atoms with Gasteiger partial charge in [0.15, 0.2) is 0 Å². The monoisotopic (exact) mass is 389 g/mol. The molecule has 0 aliphatic carbocycles. The Labute approximate surface area is 158 Å². The summed E-state index contributed by atoms with van der Waals surface area (Å²) < 4.78 is 27.3. The van der Waals surface area contributed by atoms with Crippen LogP contribution in [-0.4, -0.2) is 15.7 Å². The Morgan fingerprint density at radius 1 is 1.11 bits per heavy atom. The second-order valence-corrected chi connectivity index (χ2v) is 6.21. The number of nitrogens with zero attached hydrogens (tertiary/aromatic N) is 2. The third-order valence-electron chi connectivity index (χ3n) is 3.90. The van der Waals surface area contributed by atoms with E-state index in [2.05, 4.69) is 10.4 Å². The largest absolute Gasteiger partial charge is 0.324 e. The molecule has 0 saturated carbocycles. The predicted octanol–water partition coefficient (Wildman–Crippen LogP) is 4.04. The highest BCUT2D eigenvalue weighted by Crippen LogP contribution is 2.21. The predicted molar refractivity (Wildman–Crippen MR) is 98.6 cm³/mol. The molecule has 1 unspecified atom stereocenters. The topological polar surface area (TPSA) is 64.0 Å². The van der Waals surface area contributed by atoms with E-state index >= 15 is 0 Å². The lowest BCUT2D eigenvalue weighted by Gasteiger charge is -2.15. The summed E-state index contributed by atoms with van der Waals surface area (Å²) in [6.45, 7) is 1.50. The van der Waals surface area contributed by atoms with Gasteiger partial charge in [0.2, 0.25) is 5.91 Å². The summed E-state index contributed by atoms with van der Waals surface area (Å²) in [6.07, 6.45) is 0. The third kappa shape index (κ3) is 4.20. The number of benzene rings is 2. The quantitative estimate of drug-likeness (QED) is 0.732. The van der Waals surface area contributed by atoms with Gasteiger partial charge in [-0.3, -0.25) is 9.59 Å². The number of halogens is 3. The van der Waals surface area contributed by atoms with Gasteiger partial charge >= 0.3 is 0 Å². The number of carbonyl (C=O) groups is 1. The van der Waals surface area contributed by atoms with Crippen molar-refractivity contribution in [2.24, 2.45) is 0 Å². The minimum Gasteiger partial charge on any atom is -0.324 e. The SMILES string of the molecule is CC(C(=O)Nc1ccc(F)c(Cl)c1)n1nc(-c2ccc(F)cc2)ccc1=O. The molecule has 0 radical (unpaired) electrons. The minimum absolute atomic E-state index is 0.131. The van der Waals surface area contributed by atoms with Crippen LogP contribution < -0.4 is 10.9 Å². The number of anilines is 1. The van der Waals surface area contributed by atoms with Crippen molar-refractivity contribution in [2.45, 2.75) is 13.0 Å². The van der Waals surface area contributed by atoms with E-state index in [4.69, 9.17) is 11.6 Å². The molecular weight excluding hydrogens is 376 g/mol. The Bertz CT molecular complexity index is 1050. The lowest BCUT2D eigenvalue weighted by molar-refractivity contribution is -0.119. The summed E-state index contributed by atoms with van der Waals surface area (Å²) in [5, 5.41) is 6.63. The number of hydrogen-bond acceptors (Lipinski definition) is 3. The molecule has 0 bridgehead atoms. The maximum absolute atomic E-state index is 13.2. The van der Waals surface area contributed by atoms with Crippen LogP contribution in [0.5, 0.6) is 0 Å². The molecule has 3 aromatic rings. The molecule has 27 heavy (non-hydrogen) atoms. The van der Waals surface area contributed by atoms with Crippen LogP contribution in [0.4, 0.5) is 14.5 Å². The number of rotatable bonds is 4. The molecule has 1 heterocycles. The van der Waals surface area contributed by atoms with E-state index in [-0.39, 0.29) is 5.02 Å². The van der Waals surface area contributed by atoms with E-state index in [1.165, 1.54) is 55.5 Å². The molecule has 0 spiro atoms. The molecule has 0 saturated heterocycles. The highest BCUT2D eigenvalue weighted by molar-refractivity contribution is 6.31. The summed E-state index contributed by atoms with van der Waals surface area (Å²) in [7, 11) is 0. The number of hydrogen-bond donors (Lipinski definition) is 1. The first-order chi connectivity index (χ1) is 12.8. The van der Waals surface area contributed by atoms with Crippen molar-refractivity contribution >= 4 is 23.2 Å². The number of nitrogens with one attached hydrogen (secondary N) is 1. The van der Waals surface area contributed by atoms with Gasteiger partial charge in [-0.15, -0.1) is 0 Å². The van der Waals surface area contributed by atoms with Crippen molar-refractivity contribution in [1.82, 2.24) is 9.78 Å². The van der Waals surface area contributed by atoms with Crippen LogP contribution in [0.25, 0.3) is 11.3 Å². The Hall–Kier alpha value is -3.06. The number of amides is 1. The second kappa shape index (κ2) is 7.67. The van der Waals surface area contributed by atoms with E-state index in [0.717, 1.165) is 10.7 Å². The molecule has 138 valence electrons. The van der Waals surface area contributed by atoms with Crippen LogP contribution in [0.3, 0.4) is 0 Å². The van der Waals surface area contributed by atoms with Crippen LogP contribution >= 0.6 is 11.6 Å². The van der Waals surface area contributed by atoms with Gasteiger partial charge < -0.3 is 5.32 Å².